The number of hydrogen-bond donors (Lipinski definition) is 0. The highest BCUT2D eigenvalue weighted by Gasteiger charge is 2.14. The van der Waals surface area contributed by atoms with E-state index in [0.717, 1.165) is 17.4 Å². The van der Waals surface area contributed by atoms with Gasteiger partial charge < -0.3 is 4.90 Å². The largest absolute Gasteiger partial charge is 0.408 e. The fourth-order valence-electron chi connectivity index (χ4n) is 3.04. The third-order valence-electron chi connectivity index (χ3n) is 4.38. The van der Waals surface area contributed by atoms with E-state index in [1.807, 2.05) is 0 Å². The fraction of sp³-hybridized carbons (Fsp3) is 0.500. The van der Waals surface area contributed by atoms with Gasteiger partial charge in [0.15, 0.2) is 0 Å². The predicted molar refractivity (Wildman–Crippen MR) is 96.2 cm³/mol. The smallest absolute Gasteiger partial charge is 0.372 e. The topological polar surface area (TPSA) is 31.8 Å². The molecule has 2 heterocycles. The quantitative estimate of drug-likeness (QED) is 0.563. The molecule has 0 saturated carbocycles. The van der Waals surface area contributed by atoms with Gasteiger partial charge in [-0.1, -0.05) is 12.8 Å². The zero-order valence-electron chi connectivity index (χ0n) is 14.0. The van der Waals surface area contributed by atoms with Crippen LogP contribution in [0.3, 0.4) is 0 Å². The van der Waals surface area contributed by atoms with Gasteiger partial charge >= 0.3 is 5.13 Å². The van der Waals surface area contributed by atoms with Gasteiger partial charge in [-0.2, -0.15) is 0 Å². The van der Waals surface area contributed by atoms with Gasteiger partial charge in [0.1, 0.15) is 11.4 Å². The Labute approximate surface area is 142 Å². The molecule has 3 rings (SSSR count). The van der Waals surface area contributed by atoms with Crippen molar-refractivity contribution in [3.63, 3.8) is 0 Å². The summed E-state index contributed by atoms with van der Waals surface area (Å²) in [5.74, 6) is 0. The third-order valence-corrected chi connectivity index (χ3v) is 5.35. The highest BCUT2D eigenvalue weighted by atomic mass is 32.1. The maximum absolute atomic E-state index is 4.42. The maximum Gasteiger partial charge on any atom is 0.408 e. The molecule has 1 saturated heterocycles. The summed E-state index contributed by atoms with van der Waals surface area (Å²) in [6, 6.07) is 8.49. The minimum absolute atomic E-state index is 0.914. The molecular weight excluding hydrogens is 304 g/mol. The number of nitrogens with zero attached hydrogens (tertiary/aromatic N) is 4. The molecule has 1 aromatic carbocycles. The van der Waals surface area contributed by atoms with Crippen LogP contribution in [0.5, 0.6) is 0 Å². The van der Waals surface area contributed by atoms with E-state index in [1.54, 1.807) is 11.3 Å². The van der Waals surface area contributed by atoms with E-state index in [1.165, 1.54) is 50.2 Å². The Bertz CT molecular complexity index is 652. The van der Waals surface area contributed by atoms with Crippen LogP contribution in [0.4, 0.5) is 16.5 Å². The van der Waals surface area contributed by atoms with Crippen LogP contribution in [0.25, 0.3) is 0 Å². The number of thiazole rings is 1. The van der Waals surface area contributed by atoms with E-state index < -0.39 is 0 Å². The van der Waals surface area contributed by atoms with Crippen LogP contribution in [-0.2, 0) is 6.54 Å². The average molecular weight is 329 g/mol. The van der Waals surface area contributed by atoms with Crippen molar-refractivity contribution in [2.24, 2.45) is 10.2 Å². The second-order valence-electron chi connectivity index (χ2n) is 6.02. The molecule has 1 aromatic heterocycles. The number of benzene rings is 1. The fourth-order valence-corrected chi connectivity index (χ4v) is 3.93. The van der Waals surface area contributed by atoms with Gasteiger partial charge in [-0.05, 0) is 67.4 Å². The van der Waals surface area contributed by atoms with Crippen LogP contribution in [0.1, 0.15) is 38.3 Å². The highest BCUT2D eigenvalue weighted by molar-refractivity contribution is 7.12. The minimum Gasteiger partial charge on any atom is -0.372 e. The van der Waals surface area contributed by atoms with Crippen molar-refractivity contribution in [1.29, 1.82) is 0 Å². The van der Waals surface area contributed by atoms with Crippen LogP contribution in [-0.4, -0.2) is 13.1 Å². The Morgan fingerprint density at radius 2 is 1.74 bits per heavy atom. The molecule has 0 spiro atoms. The van der Waals surface area contributed by atoms with Gasteiger partial charge in [0.2, 0.25) is 0 Å². The zero-order chi connectivity index (χ0) is 16.1. The molecular formula is C18H25N4S+. The molecule has 0 amide bonds. The van der Waals surface area contributed by atoms with Crippen molar-refractivity contribution in [3.8, 4) is 0 Å². The molecule has 0 unspecified atom stereocenters. The van der Waals surface area contributed by atoms with E-state index in [-0.39, 0.29) is 0 Å². The van der Waals surface area contributed by atoms with Crippen molar-refractivity contribution in [2.75, 3.05) is 18.0 Å². The Hall–Kier alpha value is -1.75. The number of anilines is 1. The van der Waals surface area contributed by atoms with Crippen molar-refractivity contribution >= 4 is 27.8 Å². The number of hydrogen-bond acceptors (Lipinski definition) is 4. The molecule has 2 aromatic rings. The molecule has 0 atom stereocenters. The average Bonchev–Trinajstić information content (AvgIpc) is 2.78. The van der Waals surface area contributed by atoms with Crippen molar-refractivity contribution in [3.05, 3.63) is 35.3 Å². The summed E-state index contributed by atoms with van der Waals surface area (Å²) < 4.78 is 2.18. The molecule has 1 fully saturated rings. The standard InChI is InChI=1S/C18H25N4S/c1-3-22-15(2)14-23-18(22)20-19-16-8-10-17(11-9-16)21-12-6-4-5-7-13-21/h8-11,14H,3-7,12-13H2,1-2H3/q+1. The van der Waals surface area contributed by atoms with Gasteiger partial charge in [-0.25, -0.2) is 4.57 Å². The Kier molecular flexibility index (Phi) is 5.39. The summed E-state index contributed by atoms with van der Waals surface area (Å²) in [7, 11) is 0. The highest BCUT2D eigenvalue weighted by Crippen LogP contribution is 2.25. The molecule has 5 heteroatoms. The number of aryl methyl sites for hydroxylation is 1. The van der Waals surface area contributed by atoms with Crippen molar-refractivity contribution < 1.29 is 4.57 Å². The number of aromatic nitrogens is 1. The summed E-state index contributed by atoms with van der Waals surface area (Å²) in [5, 5.41) is 11.9. The molecule has 1 aliphatic heterocycles. The summed E-state index contributed by atoms with van der Waals surface area (Å²) >= 11 is 1.64. The van der Waals surface area contributed by atoms with E-state index in [9.17, 15) is 0 Å². The third kappa shape index (κ3) is 3.96. The van der Waals surface area contributed by atoms with E-state index >= 15 is 0 Å². The molecule has 23 heavy (non-hydrogen) atoms. The second kappa shape index (κ2) is 7.68. The van der Waals surface area contributed by atoms with E-state index in [0.29, 0.717) is 0 Å². The second-order valence-corrected chi connectivity index (χ2v) is 6.86. The first-order valence-corrected chi connectivity index (χ1v) is 9.40. The van der Waals surface area contributed by atoms with Crippen LogP contribution >= 0.6 is 11.3 Å². The van der Waals surface area contributed by atoms with Gasteiger partial charge in [-0.15, -0.1) is 0 Å². The van der Waals surface area contributed by atoms with Gasteiger partial charge in [0.25, 0.3) is 0 Å². The first-order valence-electron chi connectivity index (χ1n) is 8.52. The molecule has 0 aliphatic carbocycles. The summed E-state index contributed by atoms with van der Waals surface area (Å²) in [6.07, 6.45) is 5.33. The van der Waals surface area contributed by atoms with Crippen molar-refractivity contribution in [2.45, 2.75) is 46.1 Å². The lowest BCUT2D eigenvalue weighted by molar-refractivity contribution is -0.682. The molecule has 4 nitrogen and oxygen atoms in total. The number of azo groups is 1. The lowest BCUT2D eigenvalue weighted by Gasteiger charge is -2.22. The molecule has 1 aliphatic rings. The van der Waals surface area contributed by atoms with Crippen molar-refractivity contribution in [1.82, 2.24) is 0 Å². The summed E-state index contributed by atoms with van der Waals surface area (Å²) in [4.78, 5) is 2.49. The van der Waals surface area contributed by atoms with Crippen LogP contribution in [0.2, 0.25) is 0 Å². The predicted octanol–water partition coefficient (Wildman–Crippen LogP) is 5.16. The van der Waals surface area contributed by atoms with Crippen LogP contribution < -0.4 is 9.47 Å². The minimum atomic E-state index is 0.914. The molecule has 122 valence electrons. The molecule has 0 bridgehead atoms. The van der Waals surface area contributed by atoms with Gasteiger partial charge in [-0.3, -0.25) is 0 Å². The van der Waals surface area contributed by atoms with Gasteiger partial charge in [0, 0.05) is 24.2 Å². The van der Waals surface area contributed by atoms with Gasteiger partial charge in [0.05, 0.1) is 11.7 Å². The first-order chi connectivity index (χ1) is 11.3. The summed E-state index contributed by atoms with van der Waals surface area (Å²) in [5.41, 5.74) is 3.46. The summed E-state index contributed by atoms with van der Waals surface area (Å²) in [6.45, 7) is 7.51. The first kappa shape index (κ1) is 16.1. The molecule has 0 N–H and O–H groups in total. The van der Waals surface area contributed by atoms with E-state index in [2.05, 4.69) is 63.2 Å². The maximum atomic E-state index is 4.42. The Morgan fingerprint density at radius 3 is 2.39 bits per heavy atom. The van der Waals surface area contributed by atoms with E-state index in [4.69, 9.17) is 0 Å². The normalized spacial score (nSPS) is 16.0. The zero-order valence-corrected chi connectivity index (χ0v) is 14.9. The monoisotopic (exact) mass is 329 g/mol. The Morgan fingerprint density at radius 1 is 1.04 bits per heavy atom. The SMILES string of the molecule is CC[n+]1c(C)csc1/N=N/c1ccc(N2CCCCCC2)cc1. The lowest BCUT2D eigenvalue weighted by atomic mass is 10.2. The Balaban J connectivity index is 1.70. The molecule has 0 radical (unpaired) electrons. The van der Waals surface area contributed by atoms with Crippen LogP contribution in [0.15, 0.2) is 39.9 Å². The lowest BCUT2D eigenvalue weighted by Crippen LogP contribution is -2.32. The number of rotatable bonds is 4. The van der Waals surface area contributed by atoms with Crippen LogP contribution in [0, 0.1) is 6.92 Å².